The van der Waals surface area contributed by atoms with E-state index >= 15 is 0 Å². The smallest absolute Gasteiger partial charge is 0.225 e. The summed E-state index contributed by atoms with van der Waals surface area (Å²) in [6.07, 6.45) is 0.487. The SMILES string of the molecule is CN(C)C(C)(C)CNC(=O)Cc1cccs1. The highest BCUT2D eigenvalue weighted by Gasteiger charge is 2.20. The van der Waals surface area contributed by atoms with E-state index in [-0.39, 0.29) is 11.4 Å². The van der Waals surface area contributed by atoms with Crippen LogP contribution in [0.25, 0.3) is 0 Å². The zero-order valence-electron chi connectivity index (χ0n) is 10.4. The third-order valence-electron chi connectivity index (χ3n) is 2.84. The van der Waals surface area contributed by atoms with Crippen LogP contribution in [0.1, 0.15) is 18.7 Å². The van der Waals surface area contributed by atoms with Gasteiger partial charge >= 0.3 is 0 Å². The van der Waals surface area contributed by atoms with E-state index in [9.17, 15) is 4.79 Å². The minimum atomic E-state index is -0.00882. The Balaban J connectivity index is 2.36. The van der Waals surface area contributed by atoms with Crippen molar-refractivity contribution in [1.82, 2.24) is 10.2 Å². The van der Waals surface area contributed by atoms with Gasteiger partial charge in [0.1, 0.15) is 0 Å². The average molecular weight is 240 g/mol. The summed E-state index contributed by atoms with van der Waals surface area (Å²) in [7, 11) is 4.04. The van der Waals surface area contributed by atoms with Gasteiger partial charge in [-0.3, -0.25) is 4.79 Å². The lowest BCUT2D eigenvalue weighted by Crippen LogP contribution is -2.48. The third-order valence-corrected chi connectivity index (χ3v) is 3.72. The second-order valence-corrected chi connectivity index (χ2v) is 5.77. The number of thiophene rings is 1. The van der Waals surface area contributed by atoms with Crippen LogP contribution in [0.15, 0.2) is 17.5 Å². The lowest BCUT2D eigenvalue weighted by atomic mass is 10.0. The lowest BCUT2D eigenvalue weighted by molar-refractivity contribution is -0.120. The summed E-state index contributed by atoms with van der Waals surface area (Å²) in [4.78, 5) is 14.9. The van der Waals surface area contributed by atoms with E-state index < -0.39 is 0 Å². The Morgan fingerprint density at radius 2 is 2.19 bits per heavy atom. The first-order valence-electron chi connectivity index (χ1n) is 5.38. The molecular formula is C12H20N2OS. The fraction of sp³-hybridized carbons (Fsp3) is 0.583. The number of hydrogen-bond acceptors (Lipinski definition) is 3. The Bertz CT molecular complexity index is 331. The summed E-state index contributed by atoms with van der Waals surface area (Å²) in [5, 5.41) is 4.96. The van der Waals surface area contributed by atoms with Gasteiger partial charge in [-0.1, -0.05) is 6.07 Å². The Morgan fingerprint density at radius 3 is 2.69 bits per heavy atom. The van der Waals surface area contributed by atoms with Gasteiger partial charge in [-0.15, -0.1) is 11.3 Å². The fourth-order valence-corrected chi connectivity index (χ4v) is 1.81. The van der Waals surface area contributed by atoms with Gasteiger partial charge in [0.25, 0.3) is 0 Å². The molecule has 0 aliphatic heterocycles. The van der Waals surface area contributed by atoms with E-state index in [1.165, 1.54) is 0 Å². The normalized spacial score (nSPS) is 11.8. The van der Waals surface area contributed by atoms with E-state index in [1.54, 1.807) is 11.3 Å². The van der Waals surface area contributed by atoms with Gasteiger partial charge in [0.05, 0.1) is 6.42 Å². The van der Waals surface area contributed by atoms with Crippen molar-refractivity contribution in [3.8, 4) is 0 Å². The van der Waals surface area contributed by atoms with Crippen molar-refractivity contribution in [3.05, 3.63) is 22.4 Å². The van der Waals surface area contributed by atoms with Gasteiger partial charge in [-0.25, -0.2) is 0 Å². The summed E-state index contributed by atoms with van der Waals surface area (Å²) in [6, 6.07) is 3.96. The average Bonchev–Trinajstić information content (AvgIpc) is 2.67. The number of nitrogens with zero attached hydrogens (tertiary/aromatic N) is 1. The minimum Gasteiger partial charge on any atom is -0.354 e. The molecule has 0 aliphatic rings. The lowest BCUT2D eigenvalue weighted by Gasteiger charge is -2.32. The quantitative estimate of drug-likeness (QED) is 0.850. The molecule has 90 valence electrons. The molecule has 0 spiro atoms. The van der Waals surface area contributed by atoms with Crippen molar-refractivity contribution in [2.24, 2.45) is 0 Å². The second kappa shape index (κ2) is 5.46. The second-order valence-electron chi connectivity index (χ2n) is 4.74. The van der Waals surface area contributed by atoms with Crippen molar-refractivity contribution < 1.29 is 4.79 Å². The van der Waals surface area contributed by atoms with Gasteiger partial charge in [-0.2, -0.15) is 0 Å². The number of hydrogen-bond donors (Lipinski definition) is 1. The van der Waals surface area contributed by atoms with E-state index in [2.05, 4.69) is 24.1 Å². The van der Waals surface area contributed by atoms with Crippen LogP contribution in [0.3, 0.4) is 0 Å². The summed E-state index contributed by atoms with van der Waals surface area (Å²) in [5.41, 5.74) is -0.00882. The molecule has 0 atom stereocenters. The van der Waals surface area contributed by atoms with Gasteiger partial charge in [-0.05, 0) is 39.4 Å². The molecule has 16 heavy (non-hydrogen) atoms. The Hall–Kier alpha value is -0.870. The van der Waals surface area contributed by atoms with E-state index in [0.29, 0.717) is 13.0 Å². The molecule has 0 saturated carbocycles. The number of amides is 1. The highest BCUT2D eigenvalue weighted by Crippen LogP contribution is 2.10. The molecule has 0 unspecified atom stereocenters. The number of carbonyl (C=O) groups excluding carboxylic acids is 1. The predicted octanol–water partition coefficient (Wildman–Crippen LogP) is 1.75. The van der Waals surface area contributed by atoms with Crippen molar-refractivity contribution in [3.63, 3.8) is 0 Å². The Labute approximate surface area is 101 Å². The van der Waals surface area contributed by atoms with Crippen LogP contribution in [-0.4, -0.2) is 37.0 Å². The van der Waals surface area contributed by atoms with Gasteiger partial charge in [0.2, 0.25) is 5.91 Å². The molecule has 0 fully saturated rings. The molecule has 0 radical (unpaired) electrons. The Morgan fingerprint density at radius 1 is 1.50 bits per heavy atom. The Kier molecular flexibility index (Phi) is 4.50. The fourth-order valence-electron chi connectivity index (χ4n) is 1.11. The standard InChI is InChI=1S/C12H20N2OS/c1-12(2,14(3)4)9-13-11(15)8-10-6-5-7-16-10/h5-7H,8-9H2,1-4H3,(H,13,15). The van der Waals surface area contributed by atoms with Gasteiger partial charge < -0.3 is 10.2 Å². The molecule has 0 aliphatic carbocycles. The number of nitrogens with one attached hydrogen (secondary N) is 1. The summed E-state index contributed by atoms with van der Waals surface area (Å²) < 4.78 is 0. The maximum Gasteiger partial charge on any atom is 0.225 e. The van der Waals surface area contributed by atoms with Crippen molar-refractivity contribution >= 4 is 17.2 Å². The zero-order chi connectivity index (χ0) is 12.2. The molecule has 3 nitrogen and oxygen atoms in total. The molecule has 1 rings (SSSR count). The van der Waals surface area contributed by atoms with Crippen LogP contribution in [0, 0.1) is 0 Å². The molecule has 4 heteroatoms. The highest BCUT2D eigenvalue weighted by molar-refractivity contribution is 7.10. The van der Waals surface area contributed by atoms with E-state index in [1.807, 2.05) is 31.6 Å². The van der Waals surface area contributed by atoms with Crippen molar-refractivity contribution in [2.45, 2.75) is 25.8 Å². The van der Waals surface area contributed by atoms with Crippen LogP contribution >= 0.6 is 11.3 Å². The van der Waals surface area contributed by atoms with E-state index in [0.717, 1.165) is 4.88 Å². The molecule has 1 amide bonds. The predicted molar refractivity (Wildman–Crippen MR) is 68.8 cm³/mol. The monoisotopic (exact) mass is 240 g/mol. The van der Waals surface area contributed by atoms with Gasteiger partial charge in [0.15, 0.2) is 0 Å². The maximum absolute atomic E-state index is 11.7. The molecule has 1 aromatic heterocycles. The van der Waals surface area contributed by atoms with Crippen molar-refractivity contribution in [1.29, 1.82) is 0 Å². The maximum atomic E-state index is 11.7. The molecular weight excluding hydrogens is 220 g/mol. The summed E-state index contributed by atoms with van der Waals surface area (Å²) in [6.45, 7) is 4.89. The molecule has 1 N–H and O–H groups in total. The van der Waals surface area contributed by atoms with Crippen molar-refractivity contribution in [2.75, 3.05) is 20.6 Å². The van der Waals surface area contributed by atoms with Crippen LogP contribution in [0.5, 0.6) is 0 Å². The number of carbonyl (C=O) groups is 1. The molecule has 1 aromatic rings. The first-order chi connectivity index (χ1) is 7.42. The first kappa shape index (κ1) is 13.2. The molecule has 0 bridgehead atoms. The highest BCUT2D eigenvalue weighted by atomic mass is 32.1. The largest absolute Gasteiger partial charge is 0.354 e. The summed E-state index contributed by atoms with van der Waals surface area (Å²) >= 11 is 1.62. The topological polar surface area (TPSA) is 32.3 Å². The van der Waals surface area contributed by atoms with E-state index in [4.69, 9.17) is 0 Å². The summed E-state index contributed by atoms with van der Waals surface area (Å²) in [5.74, 6) is 0.0948. The van der Waals surface area contributed by atoms with Crippen LogP contribution < -0.4 is 5.32 Å². The molecule has 1 heterocycles. The van der Waals surface area contributed by atoms with Gasteiger partial charge in [0, 0.05) is 17.0 Å². The molecule has 0 aromatic carbocycles. The minimum absolute atomic E-state index is 0.00882. The van der Waals surface area contributed by atoms with Crippen LogP contribution in [0.2, 0.25) is 0 Å². The van der Waals surface area contributed by atoms with Crippen LogP contribution in [-0.2, 0) is 11.2 Å². The first-order valence-corrected chi connectivity index (χ1v) is 6.26. The van der Waals surface area contributed by atoms with Crippen LogP contribution in [0.4, 0.5) is 0 Å². The zero-order valence-corrected chi connectivity index (χ0v) is 11.2. The number of rotatable bonds is 5. The molecule has 0 saturated heterocycles. The number of likely N-dealkylation sites (N-methyl/N-ethyl adjacent to an activating group) is 1. The third kappa shape index (κ3) is 3.94.